The van der Waals surface area contributed by atoms with E-state index in [1.54, 1.807) is 13.8 Å². The Labute approximate surface area is 139 Å². The van der Waals surface area contributed by atoms with Gasteiger partial charge in [-0.2, -0.15) is 15.0 Å². The number of hydrogen-bond donors (Lipinski definition) is 2. The minimum atomic E-state index is -1.02. The zero-order valence-electron chi connectivity index (χ0n) is 11.4. The summed E-state index contributed by atoms with van der Waals surface area (Å²) in [6, 6.07) is -1.48. The largest absolute Gasteiger partial charge is 0.480 e. The van der Waals surface area contributed by atoms with E-state index in [0.717, 1.165) is 0 Å². The molecule has 0 spiro atoms. The third kappa shape index (κ3) is 2.37. The molecule has 1 aromatic rings. The van der Waals surface area contributed by atoms with Crippen LogP contribution in [0.15, 0.2) is 0 Å². The highest BCUT2D eigenvalue weighted by Crippen LogP contribution is 2.51. The molecule has 0 unspecified atom stereocenters. The van der Waals surface area contributed by atoms with Crippen LogP contribution in [0.3, 0.4) is 0 Å². The van der Waals surface area contributed by atoms with Gasteiger partial charge in [-0.1, -0.05) is 0 Å². The lowest BCUT2D eigenvalue weighted by Crippen LogP contribution is -2.68. The molecule has 1 amide bonds. The summed E-state index contributed by atoms with van der Waals surface area (Å²) in [5.74, 6) is -1.25. The van der Waals surface area contributed by atoms with E-state index in [9.17, 15) is 14.7 Å². The van der Waals surface area contributed by atoms with Crippen molar-refractivity contribution >= 4 is 52.8 Å². The SMILES string of the molecule is CC1(C)S[C@@H]2[C@H](Nc3nc(Cl)nc(Cl)n3)C(=O)N2[C@H]1C(=O)O. The lowest BCUT2D eigenvalue weighted by atomic mass is 9.96. The number of carbonyl (C=O) groups is 2. The monoisotopic (exact) mass is 363 g/mol. The van der Waals surface area contributed by atoms with Gasteiger partial charge in [0.05, 0.1) is 0 Å². The van der Waals surface area contributed by atoms with Crippen LogP contribution in [0.1, 0.15) is 13.8 Å². The Kier molecular flexibility index (Phi) is 3.61. The van der Waals surface area contributed by atoms with Crippen LogP contribution in [0.4, 0.5) is 5.95 Å². The zero-order chi connectivity index (χ0) is 16.2. The molecule has 3 rings (SSSR count). The molecule has 0 aliphatic carbocycles. The number of carboxylic acid groups (broad SMARTS) is 1. The van der Waals surface area contributed by atoms with E-state index < -0.39 is 22.8 Å². The molecule has 2 N–H and O–H groups in total. The van der Waals surface area contributed by atoms with Crippen LogP contribution in [0.25, 0.3) is 0 Å². The lowest BCUT2D eigenvalue weighted by Gasteiger charge is -2.43. The Hall–Kier alpha value is -1.32. The van der Waals surface area contributed by atoms with Gasteiger partial charge in [-0.15, -0.1) is 11.8 Å². The van der Waals surface area contributed by atoms with Crippen LogP contribution in [0.5, 0.6) is 0 Å². The number of amides is 1. The third-order valence-corrected chi connectivity index (χ3v) is 5.45. The number of rotatable bonds is 3. The summed E-state index contributed by atoms with van der Waals surface area (Å²) in [5, 5.41) is 11.7. The molecular weight excluding hydrogens is 353 g/mol. The fraction of sp³-hybridized carbons (Fsp3) is 0.545. The average Bonchev–Trinajstić information content (AvgIpc) is 2.63. The molecule has 1 aromatic heterocycles. The van der Waals surface area contributed by atoms with Gasteiger partial charge < -0.3 is 15.3 Å². The first-order valence-electron chi connectivity index (χ1n) is 6.27. The summed E-state index contributed by atoms with van der Waals surface area (Å²) in [6.45, 7) is 3.60. The van der Waals surface area contributed by atoms with Crippen molar-refractivity contribution in [2.45, 2.75) is 36.1 Å². The number of carboxylic acids is 1. The molecule has 118 valence electrons. The van der Waals surface area contributed by atoms with Crippen molar-refractivity contribution in [3.8, 4) is 0 Å². The maximum atomic E-state index is 12.3. The molecule has 3 heterocycles. The van der Waals surface area contributed by atoms with Crippen molar-refractivity contribution in [2.75, 3.05) is 5.32 Å². The fourth-order valence-electron chi connectivity index (χ4n) is 2.67. The van der Waals surface area contributed by atoms with Gasteiger partial charge >= 0.3 is 5.97 Å². The van der Waals surface area contributed by atoms with Gasteiger partial charge in [0.1, 0.15) is 17.5 Å². The molecule has 0 bridgehead atoms. The van der Waals surface area contributed by atoms with Crippen LogP contribution in [-0.4, -0.2) is 59.0 Å². The molecule has 2 saturated heterocycles. The Morgan fingerprint density at radius 1 is 1.32 bits per heavy atom. The normalized spacial score (nSPS) is 29.0. The Balaban J connectivity index is 1.82. The van der Waals surface area contributed by atoms with Gasteiger partial charge in [-0.25, -0.2) is 4.79 Å². The molecule has 2 fully saturated rings. The van der Waals surface area contributed by atoms with E-state index in [1.807, 2.05) is 0 Å². The van der Waals surface area contributed by atoms with Crippen LogP contribution in [0.2, 0.25) is 10.6 Å². The number of carbonyl (C=O) groups excluding carboxylic acids is 1. The molecule has 2 aliphatic rings. The summed E-state index contributed by atoms with van der Waals surface area (Å²) >= 11 is 12.8. The van der Waals surface area contributed by atoms with Gasteiger partial charge in [0.2, 0.25) is 22.4 Å². The maximum absolute atomic E-state index is 12.3. The van der Waals surface area contributed by atoms with Gasteiger partial charge in [0.15, 0.2) is 0 Å². The standard InChI is InChI=1S/C11H11Cl2N5O3S/c1-11(2)4(7(20)21)18-5(19)3(6(18)22-11)14-10-16-8(12)15-9(13)17-10/h3-4,6H,1-2H3,(H,20,21)(H,14,15,16,17)/t3-,4+,6-/m1/s1. The topological polar surface area (TPSA) is 108 Å². The molecule has 3 atom stereocenters. The van der Waals surface area contributed by atoms with E-state index in [-0.39, 0.29) is 27.8 Å². The number of thioether (sulfide) groups is 1. The van der Waals surface area contributed by atoms with Crippen LogP contribution in [0, 0.1) is 0 Å². The zero-order valence-corrected chi connectivity index (χ0v) is 13.8. The summed E-state index contributed by atoms with van der Waals surface area (Å²) in [4.78, 5) is 36.4. The van der Waals surface area contributed by atoms with Gasteiger partial charge in [-0.3, -0.25) is 4.79 Å². The van der Waals surface area contributed by atoms with Crippen LogP contribution in [-0.2, 0) is 9.59 Å². The highest BCUT2D eigenvalue weighted by Gasteiger charge is 2.64. The van der Waals surface area contributed by atoms with Gasteiger partial charge in [0, 0.05) is 4.75 Å². The number of fused-ring (bicyclic) bond motifs is 1. The van der Waals surface area contributed by atoms with E-state index in [2.05, 4.69) is 20.3 Å². The molecule has 22 heavy (non-hydrogen) atoms. The van der Waals surface area contributed by atoms with E-state index in [4.69, 9.17) is 23.2 Å². The molecule has 0 saturated carbocycles. The molecule has 0 aromatic carbocycles. The van der Waals surface area contributed by atoms with Crippen LogP contribution >= 0.6 is 35.0 Å². The Morgan fingerprint density at radius 2 is 1.91 bits per heavy atom. The molecule has 8 nitrogen and oxygen atoms in total. The maximum Gasteiger partial charge on any atom is 0.327 e. The lowest BCUT2D eigenvalue weighted by molar-refractivity contribution is -0.158. The first kappa shape index (κ1) is 15.6. The average molecular weight is 364 g/mol. The van der Waals surface area contributed by atoms with Crippen molar-refractivity contribution in [1.82, 2.24) is 19.9 Å². The van der Waals surface area contributed by atoms with E-state index >= 15 is 0 Å². The minimum absolute atomic E-state index is 0.0835. The molecule has 11 heteroatoms. The van der Waals surface area contributed by atoms with E-state index in [0.29, 0.717) is 0 Å². The molecule has 0 radical (unpaired) electrons. The first-order chi connectivity index (χ1) is 10.2. The molecular formula is C11H11Cl2N5O3S. The van der Waals surface area contributed by atoms with Crippen molar-refractivity contribution in [3.63, 3.8) is 0 Å². The predicted octanol–water partition coefficient (Wildman–Crippen LogP) is 1.11. The van der Waals surface area contributed by atoms with Crippen molar-refractivity contribution in [3.05, 3.63) is 10.6 Å². The summed E-state index contributed by atoms with van der Waals surface area (Å²) < 4.78 is -0.586. The second-order valence-electron chi connectivity index (χ2n) is 5.42. The van der Waals surface area contributed by atoms with E-state index in [1.165, 1.54) is 16.7 Å². The number of nitrogens with one attached hydrogen (secondary N) is 1. The van der Waals surface area contributed by atoms with Crippen molar-refractivity contribution in [2.24, 2.45) is 0 Å². The summed E-state index contributed by atoms with van der Waals surface area (Å²) in [6.07, 6.45) is 0. The summed E-state index contributed by atoms with van der Waals surface area (Å²) in [5.41, 5.74) is 0. The summed E-state index contributed by atoms with van der Waals surface area (Å²) in [7, 11) is 0. The third-order valence-electron chi connectivity index (χ3n) is 3.54. The second kappa shape index (κ2) is 5.10. The first-order valence-corrected chi connectivity index (χ1v) is 7.90. The minimum Gasteiger partial charge on any atom is -0.480 e. The Morgan fingerprint density at radius 3 is 2.45 bits per heavy atom. The van der Waals surface area contributed by atoms with Crippen molar-refractivity contribution < 1.29 is 14.7 Å². The van der Waals surface area contributed by atoms with Crippen LogP contribution < -0.4 is 5.32 Å². The highest BCUT2D eigenvalue weighted by molar-refractivity contribution is 8.01. The van der Waals surface area contributed by atoms with Gasteiger partial charge in [-0.05, 0) is 37.0 Å². The molecule has 2 aliphatic heterocycles. The number of β-lactam (4-membered cyclic amide) rings is 1. The van der Waals surface area contributed by atoms with Crippen molar-refractivity contribution in [1.29, 1.82) is 0 Å². The van der Waals surface area contributed by atoms with Gasteiger partial charge in [0.25, 0.3) is 0 Å². The predicted molar refractivity (Wildman–Crippen MR) is 81.0 cm³/mol. The smallest absolute Gasteiger partial charge is 0.327 e. The number of aromatic nitrogens is 3. The quantitative estimate of drug-likeness (QED) is 0.768. The highest BCUT2D eigenvalue weighted by atomic mass is 35.5. The fourth-order valence-corrected chi connectivity index (χ4v) is 4.66. The number of hydrogen-bond acceptors (Lipinski definition) is 7. The number of anilines is 1. The number of nitrogens with zero attached hydrogens (tertiary/aromatic N) is 4. The number of aliphatic carboxylic acids is 1. The Bertz CT molecular complexity index is 653. The second-order valence-corrected chi connectivity index (χ2v) is 7.86. The number of halogens is 2.